The van der Waals surface area contributed by atoms with Gasteiger partial charge in [0.05, 0.1) is 5.69 Å². The zero-order chi connectivity index (χ0) is 15.8. The van der Waals surface area contributed by atoms with Gasteiger partial charge in [-0.25, -0.2) is 0 Å². The molecule has 1 fully saturated rings. The van der Waals surface area contributed by atoms with E-state index in [1.54, 1.807) is 13.0 Å². The molecule has 4 N–H and O–H groups in total. The number of thiophene rings is 1. The van der Waals surface area contributed by atoms with Crippen molar-refractivity contribution < 1.29 is 18.0 Å². The van der Waals surface area contributed by atoms with E-state index in [4.69, 9.17) is 11.0 Å². The maximum atomic E-state index is 13.0. The van der Waals surface area contributed by atoms with Gasteiger partial charge >= 0.3 is 6.18 Å². The number of hydrogen-bond donors (Lipinski definition) is 3. The van der Waals surface area contributed by atoms with Gasteiger partial charge in [0, 0.05) is 6.54 Å². The van der Waals surface area contributed by atoms with Crippen molar-refractivity contribution in [2.24, 2.45) is 0 Å². The van der Waals surface area contributed by atoms with E-state index >= 15 is 0 Å². The molecular weight excluding hydrogens is 305 g/mol. The number of carbonyl (C=O) groups is 1. The van der Waals surface area contributed by atoms with E-state index in [1.165, 1.54) is 0 Å². The van der Waals surface area contributed by atoms with Crippen molar-refractivity contribution in [2.75, 3.05) is 17.6 Å². The Morgan fingerprint density at radius 1 is 1.52 bits per heavy atom. The molecule has 114 valence electrons. The van der Waals surface area contributed by atoms with E-state index in [-0.39, 0.29) is 34.0 Å². The second-order valence-electron chi connectivity index (χ2n) is 4.73. The lowest BCUT2D eigenvalue weighted by atomic mass is 10.2. The lowest BCUT2D eigenvalue weighted by Crippen LogP contribution is -2.38. The number of halogens is 3. The van der Waals surface area contributed by atoms with Gasteiger partial charge in [-0.05, 0) is 19.8 Å². The number of anilines is 2. The monoisotopic (exact) mass is 318 g/mol. The van der Waals surface area contributed by atoms with Gasteiger partial charge in [0.15, 0.2) is 0 Å². The van der Waals surface area contributed by atoms with Crippen molar-refractivity contribution in [1.82, 2.24) is 5.32 Å². The Morgan fingerprint density at radius 2 is 2.14 bits per heavy atom. The summed E-state index contributed by atoms with van der Waals surface area (Å²) in [6.07, 6.45) is -4.53. The first-order chi connectivity index (χ1) is 9.75. The van der Waals surface area contributed by atoms with Crippen LogP contribution in [-0.4, -0.2) is 24.2 Å². The largest absolute Gasteiger partial charge is 0.411 e. The van der Waals surface area contributed by atoms with Crippen LogP contribution in [-0.2, 0) is 0 Å². The number of nitrogens with zero attached hydrogens (tertiary/aromatic N) is 1. The summed E-state index contributed by atoms with van der Waals surface area (Å²) in [5, 5.41) is 13.9. The van der Waals surface area contributed by atoms with E-state index in [9.17, 15) is 18.0 Å². The van der Waals surface area contributed by atoms with Crippen LogP contribution >= 0.6 is 11.3 Å². The van der Waals surface area contributed by atoms with Gasteiger partial charge in [0.25, 0.3) is 5.91 Å². The van der Waals surface area contributed by atoms with Gasteiger partial charge in [-0.3, -0.25) is 4.79 Å². The third-order valence-corrected chi connectivity index (χ3v) is 4.37. The average Bonchev–Trinajstić information content (AvgIpc) is 3.10. The molecule has 1 amide bonds. The molecular formula is C12H13F3N4OS. The van der Waals surface area contributed by atoms with E-state index in [1.807, 2.05) is 0 Å². The van der Waals surface area contributed by atoms with Crippen molar-refractivity contribution in [1.29, 1.82) is 5.26 Å². The highest BCUT2D eigenvalue weighted by atomic mass is 32.1. The maximum Gasteiger partial charge on any atom is 0.411 e. The predicted octanol–water partition coefficient (Wildman–Crippen LogP) is 2.46. The number of alkyl halides is 3. The molecule has 2 rings (SSSR count). The third-order valence-electron chi connectivity index (χ3n) is 3.25. The second-order valence-corrected chi connectivity index (χ2v) is 5.75. The molecule has 0 aliphatic heterocycles. The van der Waals surface area contributed by atoms with E-state index < -0.39 is 17.6 Å². The molecule has 1 heterocycles. The molecule has 21 heavy (non-hydrogen) atoms. The van der Waals surface area contributed by atoms with Gasteiger partial charge in [-0.15, -0.1) is 11.3 Å². The zero-order valence-electron chi connectivity index (χ0n) is 11.1. The Kier molecular flexibility index (Phi) is 3.76. The predicted molar refractivity (Wildman–Crippen MR) is 73.1 cm³/mol. The standard InChI is InChI=1S/C12H13F3N4OS/c1-2-18-9(20)8-7(17)6(5-16)10(21-8)19-11(3-4-11)12(13,14)15/h19H,2-4,17H2,1H3,(H,18,20). The first-order valence-corrected chi connectivity index (χ1v) is 7.03. The Hall–Kier alpha value is -1.95. The zero-order valence-corrected chi connectivity index (χ0v) is 11.9. The highest BCUT2D eigenvalue weighted by Gasteiger charge is 2.64. The minimum atomic E-state index is -4.41. The third kappa shape index (κ3) is 2.63. The van der Waals surface area contributed by atoms with Gasteiger partial charge in [0.1, 0.15) is 27.0 Å². The summed E-state index contributed by atoms with van der Waals surface area (Å²) in [5.41, 5.74) is 3.49. The Labute approximate surface area is 122 Å². The fourth-order valence-electron chi connectivity index (χ4n) is 1.87. The summed E-state index contributed by atoms with van der Waals surface area (Å²) in [6, 6.07) is 1.76. The van der Waals surface area contributed by atoms with Gasteiger partial charge in [-0.2, -0.15) is 18.4 Å². The first-order valence-electron chi connectivity index (χ1n) is 6.21. The molecule has 0 radical (unpaired) electrons. The van der Waals surface area contributed by atoms with E-state index in [2.05, 4.69) is 10.6 Å². The minimum Gasteiger partial charge on any atom is -0.396 e. The van der Waals surface area contributed by atoms with Crippen molar-refractivity contribution >= 4 is 27.9 Å². The molecule has 1 aromatic rings. The van der Waals surface area contributed by atoms with Gasteiger partial charge in [-0.1, -0.05) is 0 Å². The second kappa shape index (κ2) is 5.11. The number of carbonyl (C=O) groups excluding carboxylic acids is 1. The molecule has 0 bridgehead atoms. The molecule has 1 aliphatic carbocycles. The summed E-state index contributed by atoms with van der Waals surface area (Å²) in [4.78, 5) is 11.8. The maximum absolute atomic E-state index is 13.0. The molecule has 0 spiro atoms. The van der Waals surface area contributed by atoms with E-state index in [0.717, 1.165) is 11.3 Å². The summed E-state index contributed by atoms with van der Waals surface area (Å²) >= 11 is 0.771. The molecule has 0 aromatic carbocycles. The number of hydrogen-bond acceptors (Lipinski definition) is 5. The lowest BCUT2D eigenvalue weighted by Gasteiger charge is -2.20. The smallest absolute Gasteiger partial charge is 0.396 e. The normalized spacial score (nSPS) is 16.1. The Morgan fingerprint density at radius 3 is 2.57 bits per heavy atom. The molecule has 1 saturated carbocycles. The van der Waals surface area contributed by atoms with Crippen LogP contribution in [0.5, 0.6) is 0 Å². The van der Waals surface area contributed by atoms with Crippen LogP contribution in [0.15, 0.2) is 0 Å². The average molecular weight is 318 g/mol. The summed E-state index contributed by atoms with van der Waals surface area (Å²) in [7, 11) is 0. The Balaban J connectivity index is 2.35. The number of nitrogen functional groups attached to an aromatic ring is 1. The summed E-state index contributed by atoms with van der Waals surface area (Å²) in [6.45, 7) is 2.06. The van der Waals surface area contributed by atoms with Gasteiger partial charge in [0.2, 0.25) is 0 Å². The number of rotatable bonds is 4. The summed E-state index contributed by atoms with van der Waals surface area (Å²) < 4.78 is 38.9. The number of amides is 1. The van der Waals surface area contributed by atoms with Crippen molar-refractivity contribution in [3.63, 3.8) is 0 Å². The van der Waals surface area contributed by atoms with Crippen LogP contribution in [0.3, 0.4) is 0 Å². The molecule has 0 saturated heterocycles. The molecule has 0 atom stereocenters. The molecule has 5 nitrogen and oxygen atoms in total. The van der Waals surface area contributed by atoms with E-state index in [0.29, 0.717) is 6.54 Å². The number of nitrogens with two attached hydrogens (primary N) is 1. The topological polar surface area (TPSA) is 90.9 Å². The quantitative estimate of drug-likeness (QED) is 0.795. The molecule has 1 aromatic heterocycles. The SMILES string of the molecule is CCNC(=O)c1sc(NC2(C(F)(F)F)CC2)c(C#N)c1N. The number of nitrogens with one attached hydrogen (secondary N) is 2. The van der Waals surface area contributed by atoms with Crippen LogP contribution in [0.25, 0.3) is 0 Å². The molecule has 1 aliphatic rings. The molecule has 0 unspecified atom stereocenters. The summed E-state index contributed by atoms with van der Waals surface area (Å²) in [5.74, 6) is -0.499. The number of nitriles is 1. The van der Waals surface area contributed by atoms with Crippen molar-refractivity contribution in [3.05, 3.63) is 10.4 Å². The van der Waals surface area contributed by atoms with Crippen LogP contribution in [0, 0.1) is 11.3 Å². The van der Waals surface area contributed by atoms with Crippen LogP contribution in [0.4, 0.5) is 23.9 Å². The van der Waals surface area contributed by atoms with Crippen LogP contribution in [0.2, 0.25) is 0 Å². The fraction of sp³-hybridized carbons (Fsp3) is 0.500. The van der Waals surface area contributed by atoms with Crippen LogP contribution < -0.4 is 16.4 Å². The van der Waals surface area contributed by atoms with Crippen molar-refractivity contribution in [2.45, 2.75) is 31.5 Å². The van der Waals surface area contributed by atoms with Gasteiger partial charge < -0.3 is 16.4 Å². The lowest BCUT2D eigenvalue weighted by molar-refractivity contribution is -0.151. The molecule has 9 heteroatoms. The van der Waals surface area contributed by atoms with Crippen molar-refractivity contribution in [3.8, 4) is 6.07 Å². The van der Waals surface area contributed by atoms with Crippen LogP contribution in [0.1, 0.15) is 35.0 Å². The first kappa shape index (κ1) is 15.4. The fourth-order valence-corrected chi connectivity index (χ4v) is 2.96. The highest BCUT2D eigenvalue weighted by Crippen LogP contribution is 2.52. The Bertz CT molecular complexity index is 613. The minimum absolute atomic E-state index is 0.00826. The highest BCUT2D eigenvalue weighted by molar-refractivity contribution is 7.19.